The molecule has 0 radical (unpaired) electrons. The van der Waals surface area contributed by atoms with E-state index >= 15 is 0 Å². The molecule has 4 heteroatoms. The van der Waals surface area contributed by atoms with Crippen molar-refractivity contribution < 1.29 is 13.9 Å². The van der Waals surface area contributed by atoms with Crippen LogP contribution in [0.25, 0.3) is 22.1 Å². The van der Waals surface area contributed by atoms with E-state index < -0.39 is 0 Å². The lowest BCUT2D eigenvalue weighted by atomic mass is 10.0. The average Bonchev–Trinajstić information content (AvgIpc) is 3.12. The van der Waals surface area contributed by atoms with E-state index in [0.717, 1.165) is 22.1 Å². The van der Waals surface area contributed by atoms with Gasteiger partial charge in [-0.25, -0.2) is 0 Å². The van der Waals surface area contributed by atoms with E-state index in [1.165, 1.54) is 4.90 Å². The third-order valence-corrected chi connectivity index (χ3v) is 4.41. The molecule has 134 valence electrons. The van der Waals surface area contributed by atoms with Crippen molar-refractivity contribution in [1.82, 2.24) is 0 Å². The van der Waals surface area contributed by atoms with Crippen LogP contribution in [0.1, 0.15) is 10.4 Å². The predicted molar refractivity (Wildman–Crippen MR) is 107 cm³/mol. The number of carbonyl (C=O) groups excluding carboxylic acids is 1. The standard InChI is InChI=1S/C23H19NO3/c1-26-16-24(22(25)18-12-6-3-7-13-18)23-21(17-10-4-2-5-11-17)19-14-8-9-15-20(19)27-23/h2-15H,16H2,1H3. The van der Waals surface area contributed by atoms with Crippen molar-refractivity contribution in [3.63, 3.8) is 0 Å². The van der Waals surface area contributed by atoms with Gasteiger partial charge in [-0.3, -0.25) is 9.69 Å². The summed E-state index contributed by atoms with van der Waals surface area (Å²) in [6, 6.07) is 26.9. The van der Waals surface area contributed by atoms with Crippen LogP contribution in [0.15, 0.2) is 89.3 Å². The number of nitrogens with zero attached hydrogens (tertiary/aromatic N) is 1. The number of carbonyl (C=O) groups is 1. The van der Waals surface area contributed by atoms with Crippen molar-refractivity contribution in [3.8, 4) is 11.1 Å². The van der Waals surface area contributed by atoms with Crippen molar-refractivity contribution in [2.24, 2.45) is 0 Å². The summed E-state index contributed by atoms with van der Waals surface area (Å²) >= 11 is 0. The minimum Gasteiger partial charge on any atom is -0.439 e. The summed E-state index contributed by atoms with van der Waals surface area (Å²) in [4.78, 5) is 14.7. The van der Waals surface area contributed by atoms with Crippen molar-refractivity contribution in [3.05, 3.63) is 90.5 Å². The number of hydrogen-bond donors (Lipinski definition) is 0. The normalized spacial score (nSPS) is 10.9. The first-order valence-corrected chi connectivity index (χ1v) is 8.72. The highest BCUT2D eigenvalue weighted by atomic mass is 16.5. The molecule has 0 aliphatic carbocycles. The maximum atomic E-state index is 13.2. The van der Waals surface area contributed by atoms with E-state index in [-0.39, 0.29) is 12.6 Å². The van der Waals surface area contributed by atoms with Gasteiger partial charge in [0.25, 0.3) is 5.91 Å². The number of hydrogen-bond acceptors (Lipinski definition) is 3. The number of furan rings is 1. The molecule has 4 aromatic rings. The Hall–Kier alpha value is -3.37. The quantitative estimate of drug-likeness (QED) is 0.452. The lowest BCUT2D eigenvalue weighted by molar-refractivity contribution is 0.0929. The summed E-state index contributed by atoms with van der Waals surface area (Å²) in [6.07, 6.45) is 0. The van der Waals surface area contributed by atoms with Crippen LogP contribution in [0.3, 0.4) is 0 Å². The molecule has 0 bridgehead atoms. The second-order valence-corrected chi connectivity index (χ2v) is 6.16. The molecule has 1 heterocycles. The third-order valence-electron chi connectivity index (χ3n) is 4.41. The van der Waals surface area contributed by atoms with Crippen LogP contribution in [0, 0.1) is 0 Å². The Balaban J connectivity index is 1.91. The number of ether oxygens (including phenoxy) is 1. The zero-order chi connectivity index (χ0) is 18.6. The molecule has 0 spiro atoms. The molecule has 0 saturated heterocycles. The molecule has 3 aromatic carbocycles. The summed E-state index contributed by atoms with van der Waals surface area (Å²) in [5.41, 5.74) is 3.18. The maximum absolute atomic E-state index is 13.2. The van der Waals surface area contributed by atoms with Crippen LogP contribution in [-0.2, 0) is 4.74 Å². The Bertz CT molecular complexity index is 1050. The average molecular weight is 357 g/mol. The first-order valence-electron chi connectivity index (χ1n) is 8.72. The second kappa shape index (κ2) is 7.48. The topological polar surface area (TPSA) is 42.7 Å². The Labute approximate surface area is 157 Å². The maximum Gasteiger partial charge on any atom is 0.262 e. The SMILES string of the molecule is COCN(C(=O)c1ccccc1)c1oc2ccccc2c1-c1ccccc1. The summed E-state index contributed by atoms with van der Waals surface area (Å²) in [5.74, 6) is 0.312. The van der Waals surface area contributed by atoms with Gasteiger partial charge < -0.3 is 9.15 Å². The highest BCUT2D eigenvalue weighted by Gasteiger charge is 2.26. The summed E-state index contributed by atoms with van der Waals surface area (Å²) in [7, 11) is 1.57. The number of amides is 1. The molecule has 0 unspecified atom stereocenters. The molecule has 1 amide bonds. The molecule has 0 saturated carbocycles. The molecular formula is C23H19NO3. The molecule has 0 aliphatic rings. The van der Waals surface area contributed by atoms with E-state index in [2.05, 4.69) is 0 Å². The van der Waals surface area contributed by atoms with Crippen LogP contribution in [0.5, 0.6) is 0 Å². The summed E-state index contributed by atoms with van der Waals surface area (Å²) in [5, 5.41) is 0.959. The monoisotopic (exact) mass is 357 g/mol. The lowest BCUT2D eigenvalue weighted by Gasteiger charge is -2.20. The summed E-state index contributed by atoms with van der Waals surface area (Å²) in [6.45, 7) is 0.0907. The van der Waals surface area contributed by atoms with Gasteiger partial charge in [0.15, 0.2) is 0 Å². The number of fused-ring (bicyclic) bond motifs is 1. The second-order valence-electron chi connectivity index (χ2n) is 6.16. The van der Waals surface area contributed by atoms with E-state index in [9.17, 15) is 4.79 Å². The van der Waals surface area contributed by atoms with Gasteiger partial charge in [0, 0.05) is 18.1 Å². The number of benzene rings is 3. The first kappa shape index (κ1) is 17.1. The third kappa shape index (κ3) is 3.23. The largest absolute Gasteiger partial charge is 0.439 e. The van der Waals surface area contributed by atoms with Crippen LogP contribution in [-0.4, -0.2) is 19.7 Å². The highest BCUT2D eigenvalue weighted by molar-refractivity contribution is 6.10. The molecule has 0 atom stereocenters. The van der Waals surface area contributed by atoms with Crippen LogP contribution in [0.4, 0.5) is 5.88 Å². The summed E-state index contributed by atoms with van der Waals surface area (Å²) < 4.78 is 11.5. The molecule has 0 aliphatic heterocycles. The molecular weight excluding hydrogens is 338 g/mol. The van der Waals surface area contributed by atoms with Crippen molar-refractivity contribution in [1.29, 1.82) is 0 Å². The minimum absolute atomic E-state index is 0.0907. The van der Waals surface area contributed by atoms with E-state index in [1.807, 2.05) is 72.8 Å². The number of para-hydroxylation sites is 1. The van der Waals surface area contributed by atoms with E-state index in [0.29, 0.717) is 11.4 Å². The number of anilines is 1. The van der Waals surface area contributed by atoms with E-state index in [1.54, 1.807) is 19.2 Å². The van der Waals surface area contributed by atoms with Crippen molar-refractivity contribution >= 4 is 22.8 Å². The van der Waals surface area contributed by atoms with Crippen molar-refractivity contribution in [2.75, 3.05) is 18.7 Å². The minimum atomic E-state index is -0.173. The van der Waals surface area contributed by atoms with Crippen LogP contribution < -0.4 is 4.90 Å². The molecule has 4 nitrogen and oxygen atoms in total. The lowest BCUT2D eigenvalue weighted by Crippen LogP contribution is -2.32. The van der Waals surface area contributed by atoms with Crippen molar-refractivity contribution in [2.45, 2.75) is 0 Å². The first-order chi connectivity index (χ1) is 13.3. The van der Waals surface area contributed by atoms with Crippen LogP contribution >= 0.6 is 0 Å². The van der Waals surface area contributed by atoms with Gasteiger partial charge in [-0.2, -0.15) is 0 Å². The van der Waals surface area contributed by atoms with Crippen LogP contribution in [0.2, 0.25) is 0 Å². The van der Waals surface area contributed by atoms with Gasteiger partial charge in [-0.1, -0.05) is 66.7 Å². The number of methoxy groups -OCH3 is 1. The predicted octanol–water partition coefficient (Wildman–Crippen LogP) is 5.35. The molecule has 1 aromatic heterocycles. The zero-order valence-electron chi connectivity index (χ0n) is 15.0. The Kier molecular flexibility index (Phi) is 4.73. The Morgan fingerprint density at radius 1 is 0.889 bits per heavy atom. The fourth-order valence-electron chi connectivity index (χ4n) is 3.18. The molecule has 4 rings (SSSR count). The fourth-order valence-corrected chi connectivity index (χ4v) is 3.18. The van der Waals surface area contributed by atoms with Gasteiger partial charge in [0.1, 0.15) is 12.3 Å². The van der Waals surface area contributed by atoms with Gasteiger partial charge in [-0.15, -0.1) is 0 Å². The molecule has 27 heavy (non-hydrogen) atoms. The Morgan fingerprint density at radius 3 is 2.22 bits per heavy atom. The fraction of sp³-hybridized carbons (Fsp3) is 0.0870. The highest BCUT2D eigenvalue weighted by Crippen LogP contribution is 2.40. The Morgan fingerprint density at radius 2 is 1.52 bits per heavy atom. The zero-order valence-corrected chi connectivity index (χ0v) is 15.0. The molecule has 0 fully saturated rings. The smallest absolute Gasteiger partial charge is 0.262 e. The molecule has 0 N–H and O–H groups in total. The van der Waals surface area contributed by atoms with Gasteiger partial charge in [-0.05, 0) is 23.8 Å². The van der Waals surface area contributed by atoms with Gasteiger partial charge in [0.05, 0.1) is 5.56 Å². The van der Waals surface area contributed by atoms with Gasteiger partial charge >= 0.3 is 0 Å². The number of rotatable bonds is 5. The van der Waals surface area contributed by atoms with Gasteiger partial charge in [0.2, 0.25) is 5.88 Å². The van der Waals surface area contributed by atoms with E-state index in [4.69, 9.17) is 9.15 Å².